The summed E-state index contributed by atoms with van der Waals surface area (Å²) >= 11 is 0. The fraction of sp³-hybridized carbons (Fsp3) is 0.333. The van der Waals surface area contributed by atoms with Gasteiger partial charge in [-0.05, 0) is 49.9 Å². The summed E-state index contributed by atoms with van der Waals surface area (Å²) in [5.41, 5.74) is 3.09. The van der Waals surface area contributed by atoms with Gasteiger partial charge in [-0.25, -0.2) is 0 Å². The standard InChI is InChI=1S/C18H20N2O/c1-14-5-7-16(8-6-14)18(21)20-11-9-15(13-20)12-17-4-2-3-10-19-17/h2-8,10,15H,9,11-13H2,1H3. The van der Waals surface area contributed by atoms with Crippen LogP contribution in [-0.2, 0) is 6.42 Å². The molecule has 1 atom stereocenters. The van der Waals surface area contributed by atoms with E-state index in [0.29, 0.717) is 5.92 Å². The Morgan fingerprint density at radius 2 is 2.05 bits per heavy atom. The highest BCUT2D eigenvalue weighted by Gasteiger charge is 2.27. The van der Waals surface area contributed by atoms with Crippen LogP contribution in [0.25, 0.3) is 0 Å². The first-order valence-corrected chi connectivity index (χ1v) is 7.48. The molecule has 1 saturated heterocycles. The van der Waals surface area contributed by atoms with Crippen molar-refractivity contribution in [3.63, 3.8) is 0 Å². The Morgan fingerprint density at radius 1 is 1.24 bits per heavy atom. The topological polar surface area (TPSA) is 33.2 Å². The molecule has 1 aliphatic rings. The van der Waals surface area contributed by atoms with Crippen molar-refractivity contribution in [2.24, 2.45) is 5.92 Å². The molecule has 0 radical (unpaired) electrons. The number of hydrogen-bond acceptors (Lipinski definition) is 2. The second-order valence-electron chi connectivity index (χ2n) is 5.80. The van der Waals surface area contributed by atoms with E-state index in [1.165, 1.54) is 5.56 Å². The normalized spacial score (nSPS) is 18.0. The van der Waals surface area contributed by atoms with Gasteiger partial charge in [0, 0.05) is 30.5 Å². The number of carbonyl (C=O) groups is 1. The summed E-state index contributed by atoms with van der Waals surface area (Å²) in [6, 6.07) is 13.8. The van der Waals surface area contributed by atoms with Crippen LogP contribution < -0.4 is 0 Å². The lowest BCUT2D eigenvalue weighted by Gasteiger charge is -2.16. The largest absolute Gasteiger partial charge is 0.338 e. The van der Waals surface area contributed by atoms with Gasteiger partial charge in [0.2, 0.25) is 0 Å². The lowest BCUT2D eigenvalue weighted by molar-refractivity contribution is 0.0787. The minimum absolute atomic E-state index is 0.151. The van der Waals surface area contributed by atoms with Crippen LogP contribution in [0, 0.1) is 12.8 Å². The number of aromatic nitrogens is 1. The van der Waals surface area contributed by atoms with Gasteiger partial charge in [0.05, 0.1) is 0 Å². The molecule has 2 heterocycles. The third-order valence-electron chi connectivity index (χ3n) is 4.10. The van der Waals surface area contributed by atoms with Gasteiger partial charge < -0.3 is 4.90 Å². The van der Waals surface area contributed by atoms with Gasteiger partial charge in [-0.2, -0.15) is 0 Å². The van der Waals surface area contributed by atoms with Crippen molar-refractivity contribution in [3.05, 3.63) is 65.5 Å². The van der Waals surface area contributed by atoms with Crippen molar-refractivity contribution in [2.45, 2.75) is 19.8 Å². The minimum atomic E-state index is 0.151. The van der Waals surface area contributed by atoms with Crippen molar-refractivity contribution >= 4 is 5.91 Å². The second-order valence-corrected chi connectivity index (χ2v) is 5.80. The molecule has 3 rings (SSSR count). The summed E-state index contributed by atoms with van der Waals surface area (Å²) in [6.45, 7) is 3.72. The number of benzene rings is 1. The van der Waals surface area contributed by atoms with Gasteiger partial charge >= 0.3 is 0 Å². The number of nitrogens with zero attached hydrogens (tertiary/aromatic N) is 2. The van der Waals surface area contributed by atoms with Crippen LogP contribution in [0.3, 0.4) is 0 Å². The maximum atomic E-state index is 12.5. The van der Waals surface area contributed by atoms with E-state index >= 15 is 0 Å². The van der Waals surface area contributed by atoms with Crippen LogP contribution in [0.2, 0.25) is 0 Å². The highest BCUT2D eigenvalue weighted by molar-refractivity contribution is 5.94. The van der Waals surface area contributed by atoms with Gasteiger partial charge in [-0.1, -0.05) is 23.8 Å². The van der Waals surface area contributed by atoms with Crippen LogP contribution in [-0.4, -0.2) is 28.9 Å². The Morgan fingerprint density at radius 3 is 2.76 bits per heavy atom. The maximum Gasteiger partial charge on any atom is 0.253 e. The molecule has 21 heavy (non-hydrogen) atoms. The number of amides is 1. The zero-order valence-corrected chi connectivity index (χ0v) is 12.3. The lowest BCUT2D eigenvalue weighted by Crippen LogP contribution is -2.28. The van der Waals surface area contributed by atoms with Crippen LogP contribution in [0.4, 0.5) is 0 Å². The van der Waals surface area contributed by atoms with Gasteiger partial charge in [-0.15, -0.1) is 0 Å². The number of likely N-dealkylation sites (tertiary alicyclic amines) is 1. The van der Waals surface area contributed by atoms with Crippen molar-refractivity contribution in [1.82, 2.24) is 9.88 Å². The summed E-state index contributed by atoms with van der Waals surface area (Å²) in [5.74, 6) is 0.674. The van der Waals surface area contributed by atoms with E-state index in [0.717, 1.165) is 37.2 Å². The number of pyridine rings is 1. The van der Waals surface area contributed by atoms with E-state index in [1.807, 2.05) is 54.4 Å². The lowest BCUT2D eigenvalue weighted by atomic mass is 10.0. The molecule has 1 fully saturated rings. The highest BCUT2D eigenvalue weighted by Crippen LogP contribution is 2.22. The summed E-state index contributed by atoms with van der Waals surface area (Å²) in [6.07, 6.45) is 3.85. The number of carbonyl (C=O) groups excluding carboxylic acids is 1. The van der Waals surface area contributed by atoms with Crippen LogP contribution in [0.5, 0.6) is 0 Å². The predicted octanol–water partition coefficient (Wildman–Crippen LogP) is 3.09. The summed E-state index contributed by atoms with van der Waals surface area (Å²) in [5, 5.41) is 0. The summed E-state index contributed by atoms with van der Waals surface area (Å²) in [7, 11) is 0. The van der Waals surface area contributed by atoms with Crippen LogP contribution in [0.15, 0.2) is 48.7 Å². The molecular formula is C18H20N2O. The number of rotatable bonds is 3. The fourth-order valence-electron chi connectivity index (χ4n) is 2.88. The van der Waals surface area contributed by atoms with E-state index in [-0.39, 0.29) is 5.91 Å². The van der Waals surface area contributed by atoms with Crippen molar-refractivity contribution in [3.8, 4) is 0 Å². The van der Waals surface area contributed by atoms with Crippen molar-refractivity contribution in [2.75, 3.05) is 13.1 Å². The second kappa shape index (κ2) is 6.08. The molecule has 3 nitrogen and oxygen atoms in total. The van der Waals surface area contributed by atoms with E-state index < -0.39 is 0 Å². The highest BCUT2D eigenvalue weighted by atomic mass is 16.2. The van der Waals surface area contributed by atoms with E-state index in [1.54, 1.807) is 0 Å². The molecule has 0 saturated carbocycles. The predicted molar refractivity (Wildman–Crippen MR) is 83.1 cm³/mol. The van der Waals surface area contributed by atoms with Gasteiger partial charge in [0.25, 0.3) is 5.91 Å². The first kappa shape index (κ1) is 13.8. The number of aryl methyl sites for hydroxylation is 1. The Labute approximate surface area is 125 Å². The molecule has 1 aliphatic heterocycles. The molecule has 0 bridgehead atoms. The SMILES string of the molecule is Cc1ccc(C(=O)N2CCC(Cc3ccccn3)C2)cc1. The average molecular weight is 280 g/mol. The molecule has 1 amide bonds. The van der Waals surface area contributed by atoms with Crippen molar-refractivity contribution < 1.29 is 4.79 Å². The van der Waals surface area contributed by atoms with Crippen LogP contribution in [0.1, 0.15) is 28.0 Å². The van der Waals surface area contributed by atoms with Gasteiger partial charge in [0.15, 0.2) is 0 Å². The first-order valence-electron chi connectivity index (χ1n) is 7.48. The summed E-state index contributed by atoms with van der Waals surface area (Å²) in [4.78, 5) is 18.8. The monoisotopic (exact) mass is 280 g/mol. The Bertz CT molecular complexity index is 607. The summed E-state index contributed by atoms with van der Waals surface area (Å²) < 4.78 is 0. The Hall–Kier alpha value is -2.16. The van der Waals surface area contributed by atoms with Gasteiger partial charge in [-0.3, -0.25) is 9.78 Å². The number of hydrogen-bond donors (Lipinski definition) is 0. The molecule has 108 valence electrons. The minimum Gasteiger partial charge on any atom is -0.338 e. The third kappa shape index (κ3) is 3.30. The molecule has 1 aromatic carbocycles. The smallest absolute Gasteiger partial charge is 0.253 e. The average Bonchev–Trinajstić information content (AvgIpc) is 2.97. The third-order valence-corrected chi connectivity index (χ3v) is 4.10. The molecule has 0 aliphatic carbocycles. The van der Waals surface area contributed by atoms with Crippen LogP contribution >= 0.6 is 0 Å². The zero-order chi connectivity index (χ0) is 14.7. The molecule has 1 unspecified atom stereocenters. The first-order chi connectivity index (χ1) is 10.2. The molecule has 0 N–H and O–H groups in total. The van der Waals surface area contributed by atoms with Crippen molar-refractivity contribution in [1.29, 1.82) is 0 Å². The fourth-order valence-corrected chi connectivity index (χ4v) is 2.88. The zero-order valence-electron chi connectivity index (χ0n) is 12.3. The Kier molecular flexibility index (Phi) is 4.00. The Balaban J connectivity index is 1.61. The van der Waals surface area contributed by atoms with Gasteiger partial charge in [0.1, 0.15) is 0 Å². The van der Waals surface area contributed by atoms with E-state index in [9.17, 15) is 4.79 Å². The molecule has 1 aromatic heterocycles. The molecule has 2 aromatic rings. The maximum absolute atomic E-state index is 12.5. The molecular weight excluding hydrogens is 260 g/mol. The quantitative estimate of drug-likeness (QED) is 0.865. The molecule has 0 spiro atoms. The van der Waals surface area contributed by atoms with E-state index in [4.69, 9.17) is 0 Å². The van der Waals surface area contributed by atoms with E-state index in [2.05, 4.69) is 11.1 Å². The molecule has 3 heteroatoms.